The highest BCUT2D eigenvalue weighted by Crippen LogP contribution is 2.28. The third-order valence-electron chi connectivity index (χ3n) is 4.66. The zero-order chi connectivity index (χ0) is 19.4. The Kier molecular flexibility index (Phi) is 5.60. The number of carbonyl (C=O) groups is 2. The molecule has 0 N–H and O–H groups in total. The second-order valence-corrected chi connectivity index (χ2v) is 8.22. The van der Waals surface area contributed by atoms with Crippen LogP contribution in [0, 0.1) is 0 Å². The van der Waals surface area contributed by atoms with E-state index in [1.807, 2.05) is 37.3 Å². The van der Waals surface area contributed by atoms with Crippen molar-refractivity contribution in [3.63, 3.8) is 0 Å². The summed E-state index contributed by atoms with van der Waals surface area (Å²) in [4.78, 5) is 27.0. The molecule has 0 unspecified atom stereocenters. The maximum Gasteiger partial charge on any atom is 0.267 e. The van der Waals surface area contributed by atoms with Crippen molar-refractivity contribution in [2.75, 3.05) is 6.54 Å². The first-order valence-corrected chi connectivity index (χ1v) is 10.3. The Morgan fingerprint density at radius 2 is 1.67 bits per heavy atom. The number of hydrogen-bond acceptors (Lipinski definition) is 4. The Bertz CT molecular complexity index is 914. The highest BCUT2D eigenvalue weighted by molar-refractivity contribution is 7.89. The maximum absolute atomic E-state index is 13.1. The molecule has 0 radical (unpaired) electrons. The summed E-state index contributed by atoms with van der Waals surface area (Å²) in [7, 11) is -4.06. The van der Waals surface area contributed by atoms with E-state index in [-0.39, 0.29) is 23.6 Å². The van der Waals surface area contributed by atoms with Crippen LogP contribution in [0.1, 0.15) is 25.3 Å². The zero-order valence-electron chi connectivity index (χ0n) is 15.1. The van der Waals surface area contributed by atoms with Gasteiger partial charge in [-0.05, 0) is 31.0 Å². The monoisotopic (exact) mass is 386 g/mol. The topological polar surface area (TPSA) is 74.8 Å². The van der Waals surface area contributed by atoms with Gasteiger partial charge >= 0.3 is 0 Å². The van der Waals surface area contributed by atoms with Crippen LogP contribution in [0.4, 0.5) is 0 Å². The summed E-state index contributed by atoms with van der Waals surface area (Å²) in [6.07, 6.45) is 0.250. The molecule has 1 aliphatic rings. The second-order valence-electron chi connectivity index (χ2n) is 6.40. The van der Waals surface area contributed by atoms with Gasteiger partial charge in [-0.3, -0.25) is 9.59 Å². The third kappa shape index (κ3) is 3.88. The molecule has 1 fully saturated rings. The number of rotatable bonds is 6. The fourth-order valence-corrected chi connectivity index (χ4v) is 4.87. The molecule has 142 valence electrons. The second kappa shape index (κ2) is 7.92. The standard InChI is InChI=1S/C20H22N2O4S/c1-2-21(15-16-9-5-3-6-10-16)20(24)18-13-14-19(23)22(18)27(25,26)17-11-7-4-8-12-17/h3-12,18H,2,13-15H2,1H3/t18-/m1/s1. The van der Waals surface area contributed by atoms with Gasteiger partial charge < -0.3 is 4.90 Å². The van der Waals surface area contributed by atoms with Gasteiger partial charge in [0, 0.05) is 19.5 Å². The van der Waals surface area contributed by atoms with Gasteiger partial charge in [0.25, 0.3) is 10.0 Å². The Morgan fingerprint density at radius 1 is 1.07 bits per heavy atom. The van der Waals surface area contributed by atoms with Crippen LogP contribution in [-0.2, 0) is 26.2 Å². The average molecular weight is 386 g/mol. The maximum atomic E-state index is 13.1. The van der Waals surface area contributed by atoms with E-state index in [1.54, 1.807) is 23.1 Å². The normalized spacial score (nSPS) is 17.1. The molecule has 0 spiro atoms. The van der Waals surface area contributed by atoms with Crippen molar-refractivity contribution in [2.45, 2.75) is 37.2 Å². The van der Waals surface area contributed by atoms with Gasteiger partial charge in [0.2, 0.25) is 11.8 Å². The van der Waals surface area contributed by atoms with Gasteiger partial charge in [-0.15, -0.1) is 0 Å². The molecule has 2 aromatic carbocycles. The summed E-state index contributed by atoms with van der Waals surface area (Å²) in [5.41, 5.74) is 0.953. The quantitative estimate of drug-likeness (QED) is 0.764. The van der Waals surface area contributed by atoms with Crippen molar-refractivity contribution in [3.8, 4) is 0 Å². The summed E-state index contributed by atoms with van der Waals surface area (Å²) in [6, 6.07) is 16.3. The molecule has 1 heterocycles. The van der Waals surface area contributed by atoms with Gasteiger partial charge in [-0.25, -0.2) is 12.7 Å². The summed E-state index contributed by atoms with van der Waals surface area (Å²) < 4.78 is 26.7. The number of benzene rings is 2. The lowest BCUT2D eigenvalue weighted by molar-refractivity contribution is -0.138. The lowest BCUT2D eigenvalue weighted by Crippen LogP contribution is -2.48. The van der Waals surface area contributed by atoms with E-state index in [2.05, 4.69) is 0 Å². The minimum absolute atomic E-state index is 0.0177. The van der Waals surface area contributed by atoms with Gasteiger partial charge in [-0.1, -0.05) is 48.5 Å². The largest absolute Gasteiger partial charge is 0.337 e. The fourth-order valence-electron chi connectivity index (χ4n) is 3.25. The lowest BCUT2D eigenvalue weighted by atomic mass is 10.1. The summed E-state index contributed by atoms with van der Waals surface area (Å²) in [5, 5.41) is 0. The van der Waals surface area contributed by atoms with Crippen LogP contribution in [0.3, 0.4) is 0 Å². The Balaban J connectivity index is 1.87. The molecule has 1 saturated heterocycles. The van der Waals surface area contributed by atoms with E-state index in [9.17, 15) is 18.0 Å². The van der Waals surface area contributed by atoms with Crippen LogP contribution >= 0.6 is 0 Å². The van der Waals surface area contributed by atoms with E-state index in [1.165, 1.54) is 12.1 Å². The Hall–Kier alpha value is -2.67. The Morgan fingerprint density at radius 3 is 2.26 bits per heavy atom. The average Bonchev–Trinajstić information content (AvgIpc) is 3.09. The van der Waals surface area contributed by atoms with E-state index >= 15 is 0 Å². The van der Waals surface area contributed by atoms with E-state index in [0.29, 0.717) is 13.1 Å². The predicted molar refractivity (Wildman–Crippen MR) is 101 cm³/mol. The first-order chi connectivity index (χ1) is 12.9. The van der Waals surface area contributed by atoms with Crippen molar-refractivity contribution in [1.29, 1.82) is 0 Å². The zero-order valence-corrected chi connectivity index (χ0v) is 15.9. The van der Waals surface area contributed by atoms with Crippen LogP contribution < -0.4 is 0 Å². The van der Waals surface area contributed by atoms with E-state index < -0.39 is 22.0 Å². The number of nitrogens with zero attached hydrogens (tertiary/aromatic N) is 2. The predicted octanol–water partition coefficient (Wildman–Crippen LogP) is 2.42. The molecule has 0 aliphatic carbocycles. The van der Waals surface area contributed by atoms with Crippen LogP contribution in [0.2, 0.25) is 0 Å². The summed E-state index contributed by atoms with van der Waals surface area (Å²) in [6.45, 7) is 2.64. The van der Waals surface area contributed by atoms with Gasteiger partial charge in [0.1, 0.15) is 6.04 Å². The van der Waals surface area contributed by atoms with Crippen LogP contribution in [0.15, 0.2) is 65.6 Å². The SMILES string of the molecule is CCN(Cc1ccccc1)C(=O)[C@H]1CCC(=O)N1S(=O)(=O)c1ccccc1. The first kappa shape index (κ1) is 19.1. The molecule has 1 atom stereocenters. The molecule has 2 amide bonds. The van der Waals surface area contributed by atoms with Crippen molar-refractivity contribution >= 4 is 21.8 Å². The molecule has 0 bridgehead atoms. The molecule has 6 nitrogen and oxygen atoms in total. The Labute approximate surface area is 159 Å². The fraction of sp³-hybridized carbons (Fsp3) is 0.300. The molecular formula is C20H22N2O4S. The van der Waals surface area contributed by atoms with Crippen LogP contribution in [0.25, 0.3) is 0 Å². The molecule has 2 aromatic rings. The van der Waals surface area contributed by atoms with Gasteiger partial charge in [0.15, 0.2) is 0 Å². The molecule has 1 aliphatic heterocycles. The minimum Gasteiger partial charge on any atom is -0.337 e. The molecule has 3 rings (SSSR count). The highest BCUT2D eigenvalue weighted by Gasteiger charge is 2.45. The molecule has 0 saturated carbocycles. The van der Waals surface area contributed by atoms with Crippen molar-refractivity contribution in [2.24, 2.45) is 0 Å². The van der Waals surface area contributed by atoms with Gasteiger partial charge in [0.05, 0.1) is 4.90 Å². The van der Waals surface area contributed by atoms with E-state index in [0.717, 1.165) is 9.87 Å². The number of likely N-dealkylation sites (N-methyl/N-ethyl adjacent to an activating group) is 1. The number of hydrogen-bond donors (Lipinski definition) is 0. The summed E-state index contributed by atoms with van der Waals surface area (Å²) in [5.74, 6) is -0.875. The highest BCUT2D eigenvalue weighted by atomic mass is 32.2. The minimum atomic E-state index is -4.06. The van der Waals surface area contributed by atoms with Crippen LogP contribution in [0.5, 0.6) is 0 Å². The molecule has 7 heteroatoms. The van der Waals surface area contributed by atoms with Gasteiger partial charge in [-0.2, -0.15) is 0 Å². The molecule has 27 heavy (non-hydrogen) atoms. The smallest absolute Gasteiger partial charge is 0.267 e. The number of carbonyl (C=O) groups excluding carboxylic acids is 2. The number of sulfonamides is 1. The van der Waals surface area contributed by atoms with Crippen molar-refractivity contribution in [1.82, 2.24) is 9.21 Å². The lowest BCUT2D eigenvalue weighted by Gasteiger charge is -2.29. The molecule has 0 aromatic heterocycles. The van der Waals surface area contributed by atoms with Crippen LogP contribution in [-0.4, -0.2) is 42.0 Å². The van der Waals surface area contributed by atoms with Crippen molar-refractivity contribution < 1.29 is 18.0 Å². The van der Waals surface area contributed by atoms with E-state index in [4.69, 9.17) is 0 Å². The van der Waals surface area contributed by atoms with Crippen molar-refractivity contribution in [3.05, 3.63) is 66.2 Å². The first-order valence-electron chi connectivity index (χ1n) is 8.90. The summed E-state index contributed by atoms with van der Waals surface area (Å²) >= 11 is 0. The number of amides is 2. The molecular weight excluding hydrogens is 364 g/mol. The third-order valence-corrected chi connectivity index (χ3v) is 6.50.